The summed E-state index contributed by atoms with van der Waals surface area (Å²) in [5.74, 6) is -5.75. The molecular formula is C27H30F3NO5. The number of rotatable bonds is 12. The summed E-state index contributed by atoms with van der Waals surface area (Å²) in [5.41, 5.74) is 2.22. The summed E-state index contributed by atoms with van der Waals surface area (Å²) in [4.78, 5) is 37.8. The van der Waals surface area contributed by atoms with Gasteiger partial charge in [-0.1, -0.05) is 36.4 Å². The number of hydrogen-bond acceptors (Lipinski definition) is 5. The zero-order valence-electron chi connectivity index (χ0n) is 19.9. The number of carbonyl (C=O) groups excluding carboxylic acids is 2. The smallest absolute Gasteiger partial charge is 0.307 e. The quantitative estimate of drug-likeness (QED) is 0.430. The minimum Gasteiger partial charge on any atom is -0.481 e. The average Bonchev–Trinajstić information content (AvgIpc) is 2.83. The molecule has 0 radical (unpaired) electrons. The number of esters is 1. The van der Waals surface area contributed by atoms with Crippen molar-refractivity contribution in [3.05, 3.63) is 71.0 Å². The molecule has 0 aliphatic carbocycles. The summed E-state index contributed by atoms with van der Waals surface area (Å²) < 4.78 is 44.7. The van der Waals surface area contributed by atoms with E-state index in [1.54, 1.807) is 41.3 Å². The molecule has 1 saturated heterocycles. The summed E-state index contributed by atoms with van der Waals surface area (Å²) in [6.07, 6.45) is -0.186. The van der Waals surface area contributed by atoms with Crippen LogP contribution in [0.25, 0.3) is 0 Å². The molecule has 6 nitrogen and oxygen atoms in total. The van der Waals surface area contributed by atoms with Crippen LogP contribution in [0.15, 0.2) is 48.5 Å². The second kappa shape index (κ2) is 12.7. The second-order valence-electron chi connectivity index (χ2n) is 9.22. The normalized spacial score (nSPS) is 16.3. The Balaban J connectivity index is 1.40. The molecular weight excluding hydrogens is 475 g/mol. The molecule has 0 spiro atoms. The Kier molecular flexibility index (Phi) is 9.64. The maximum absolute atomic E-state index is 13.3. The van der Waals surface area contributed by atoms with E-state index in [2.05, 4.69) is 0 Å². The van der Waals surface area contributed by atoms with Crippen LogP contribution in [0.2, 0.25) is 0 Å². The number of aliphatic carboxylic acids is 1. The first-order valence-corrected chi connectivity index (χ1v) is 11.9. The second-order valence-corrected chi connectivity index (χ2v) is 9.22. The van der Waals surface area contributed by atoms with Crippen molar-refractivity contribution in [2.24, 2.45) is 5.92 Å². The Labute approximate surface area is 208 Å². The molecule has 0 amide bonds. The Morgan fingerprint density at radius 2 is 1.44 bits per heavy atom. The highest BCUT2D eigenvalue weighted by molar-refractivity contribution is 5.83. The predicted octanol–water partition coefficient (Wildman–Crippen LogP) is 4.44. The number of likely N-dealkylation sites (tertiary alicyclic amines) is 1. The molecule has 1 N–H and O–H groups in total. The van der Waals surface area contributed by atoms with Gasteiger partial charge in [0.15, 0.2) is 0 Å². The van der Waals surface area contributed by atoms with Crippen LogP contribution in [-0.2, 0) is 38.6 Å². The van der Waals surface area contributed by atoms with Crippen LogP contribution in [0.5, 0.6) is 0 Å². The van der Waals surface area contributed by atoms with Crippen molar-refractivity contribution in [3.8, 4) is 0 Å². The van der Waals surface area contributed by atoms with Gasteiger partial charge in [-0.3, -0.25) is 14.4 Å². The highest BCUT2D eigenvalue weighted by atomic mass is 19.3. The molecule has 0 bridgehead atoms. The van der Waals surface area contributed by atoms with Crippen molar-refractivity contribution in [1.82, 2.24) is 4.90 Å². The maximum atomic E-state index is 13.3. The van der Waals surface area contributed by atoms with Gasteiger partial charge in [0.25, 0.3) is 5.92 Å². The van der Waals surface area contributed by atoms with E-state index in [4.69, 9.17) is 4.74 Å². The molecule has 3 rings (SSSR count). The molecule has 1 fully saturated rings. The third-order valence-corrected chi connectivity index (χ3v) is 6.28. The lowest BCUT2D eigenvalue weighted by molar-refractivity contribution is -0.152. The van der Waals surface area contributed by atoms with E-state index < -0.39 is 23.8 Å². The molecule has 0 aromatic heterocycles. The van der Waals surface area contributed by atoms with E-state index in [9.17, 15) is 32.7 Å². The molecule has 1 aliphatic rings. The Bertz CT molecular complexity index is 1030. The van der Waals surface area contributed by atoms with Crippen molar-refractivity contribution in [2.45, 2.75) is 51.1 Å². The number of ketones is 1. The highest BCUT2D eigenvalue weighted by Gasteiger charge is 2.34. The predicted molar refractivity (Wildman–Crippen MR) is 126 cm³/mol. The molecule has 1 heterocycles. The lowest BCUT2D eigenvalue weighted by Crippen LogP contribution is -2.40. The zero-order valence-corrected chi connectivity index (χ0v) is 19.9. The van der Waals surface area contributed by atoms with Crippen LogP contribution in [-0.4, -0.2) is 53.3 Å². The van der Waals surface area contributed by atoms with Gasteiger partial charge in [0.2, 0.25) is 0 Å². The van der Waals surface area contributed by atoms with Crippen molar-refractivity contribution >= 4 is 17.7 Å². The van der Waals surface area contributed by atoms with Gasteiger partial charge in [-0.05, 0) is 41.8 Å². The zero-order chi connectivity index (χ0) is 26.1. The third kappa shape index (κ3) is 9.11. The van der Waals surface area contributed by atoms with E-state index in [1.165, 1.54) is 12.1 Å². The van der Waals surface area contributed by atoms with Crippen LogP contribution < -0.4 is 0 Å². The van der Waals surface area contributed by atoms with Gasteiger partial charge in [-0.2, -0.15) is 0 Å². The number of ether oxygens (including phenoxy) is 1. The first-order chi connectivity index (χ1) is 17.1. The molecule has 1 atom stereocenters. The van der Waals surface area contributed by atoms with E-state index in [0.717, 1.165) is 11.1 Å². The van der Waals surface area contributed by atoms with Crippen molar-refractivity contribution in [2.75, 3.05) is 19.6 Å². The summed E-state index contributed by atoms with van der Waals surface area (Å²) in [6.45, 7) is 0.715. The first-order valence-electron chi connectivity index (χ1n) is 11.9. The number of carboxylic acid groups (broad SMARTS) is 1. The average molecular weight is 506 g/mol. The van der Waals surface area contributed by atoms with Crippen molar-refractivity contribution < 1.29 is 37.4 Å². The number of nitrogens with zero attached hydrogens (tertiary/aromatic N) is 1. The number of carboxylic acids is 1. The maximum Gasteiger partial charge on any atom is 0.307 e. The van der Waals surface area contributed by atoms with Crippen LogP contribution >= 0.6 is 0 Å². The van der Waals surface area contributed by atoms with E-state index >= 15 is 0 Å². The van der Waals surface area contributed by atoms with Gasteiger partial charge in [0.1, 0.15) is 18.2 Å². The number of benzene rings is 2. The first kappa shape index (κ1) is 27.4. The monoisotopic (exact) mass is 505 g/mol. The fraction of sp³-hybridized carbons (Fsp3) is 0.444. The molecule has 194 valence electrons. The third-order valence-electron chi connectivity index (χ3n) is 6.28. The Morgan fingerprint density at radius 3 is 2.00 bits per heavy atom. The van der Waals surface area contributed by atoms with Crippen LogP contribution in [0.3, 0.4) is 0 Å². The lowest BCUT2D eigenvalue weighted by atomic mass is 10.00. The number of piperidine rings is 1. The largest absolute Gasteiger partial charge is 0.481 e. The van der Waals surface area contributed by atoms with Crippen molar-refractivity contribution in [1.29, 1.82) is 0 Å². The van der Waals surface area contributed by atoms with Crippen LogP contribution in [0.4, 0.5) is 13.2 Å². The van der Waals surface area contributed by atoms with Gasteiger partial charge in [0, 0.05) is 38.8 Å². The number of Topliss-reactive ketones (excluding diaryl/α,β-unsaturated/α-hetero) is 1. The number of carbonyl (C=O) groups is 3. The number of alkyl halides is 2. The van der Waals surface area contributed by atoms with Gasteiger partial charge < -0.3 is 14.7 Å². The van der Waals surface area contributed by atoms with Crippen LogP contribution in [0, 0.1) is 11.7 Å². The SMILES string of the molecule is O=C(Cc1ccc(F)cc1)Cc1ccc(COC(=O)C[C@@H](CCN2CCC(F)(F)CC2)C(=O)O)cc1. The highest BCUT2D eigenvalue weighted by Crippen LogP contribution is 2.28. The van der Waals surface area contributed by atoms with Crippen molar-refractivity contribution in [3.63, 3.8) is 0 Å². The topological polar surface area (TPSA) is 83.9 Å². The molecule has 2 aromatic carbocycles. The standard InChI is InChI=1S/C27H30F3NO5/c28-23-7-5-20(6-8-23)16-24(32)15-19-1-3-21(4-2-19)18-36-25(33)17-22(26(34)35)9-12-31-13-10-27(29,30)11-14-31/h1-8,22H,9-18H2,(H,34,35)/t22-/m1/s1. The molecule has 9 heteroatoms. The van der Waals surface area contributed by atoms with Gasteiger partial charge in [-0.25, -0.2) is 13.2 Å². The fourth-order valence-electron chi connectivity index (χ4n) is 4.05. The van der Waals surface area contributed by atoms with Crippen LogP contribution in [0.1, 0.15) is 42.4 Å². The molecule has 2 aromatic rings. The summed E-state index contributed by atoms with van der Waals surface area (Å²) >= 11 is 0. The summed E-state index contributed by atoms with van der Waals surface area (Å²) in [7, 11) is 0. The Morgan fingerprint density at radius 1 is 0.917 bits per heavy atom. The van der Waals surface area contributed by atoms with E-state index in [-0.39, 0.29) is 69.8 Å². The minimum atomic E-state index is -2.66. The van der Waals surface area contributed by atoms with Gasteiger partial charge >= 0.3 is 11.9 Å². The van der Waals surface area contributed by atoms with E-state index in [0.29, 0.717) is 12.1 Å². The minimum absolute atomic E-state index is 0.0150. The lowest BCUT2D eigenvalue weighted by Gasteiger charge is -2.32. The van der Waals surface area contributed by atoms with E-state index in [1.807, 2.05) is 0 Å². The summed E-state index contributed by atoms with van der Waals surface area (Å²) in [6, 6.07) is 12.8. The number of halogens is 3. The fourth-order valence-corrected chi connectivity index (χ4v) is 4.05. The number of hydrogen-bond donors (Lipinski definition) is 1. The van der Waals surface area contributed by atoms with Gasteiger partial charge in [-0.15, -0.1) is 0 Å². The molecule has 0 unspecified atom stereocenters. The van der Waals surface area contributed by atoms with Gasteiger partial charge in [0.05, 0.1) is 12.3 Å². The molecule has 0 saturated carbocycles. The molecule has 36 heavy (non-hydrogen) atoms. The molecule has 1 aliphatic heterocycles. The summed E-state index contributed by atoms with van der Waals surface area (Å²) in [5, 5.41) is 9.44. The Hall–Kier alpha value is -3.20.